The number of hydrogen-bond donors (Lipinski definition) is 1. The van der Waals surface area contributed by atoms with Crippen molar-refractivity contribution in [3.05, 3.63) is 48.2 Å². The second kappa shape index (κ2) is 8.74. The van der Waals surface area contributed by atoms with Crippen LogP contribution in [0.2, 0.25) is 0 Å². The van der Waals surface area contributed by atoms with Gasteiger partial charge in [0.1, 0.15) is 0 Å². The van der Waals surface area contributed by atoms with Gasteiger partial charge in [0.15, 0.2) is 5.54 Å². The summed E-state index contributed by atoms with van der Waals surface area (Å²) in [5, 5.41) is 11.3. The first kappa shape index (κ1) is 17.6. The lowest BCUT2D eigenvalue weighted by molar-refractivity contribution is -0.186. The predicted octanol–water partition coefficient (Wildman–Crippen LogP) is 3.20. The van der Waals surface area contributed by atoms with Crippen molar-refractivity contribution < 1.29 is 14.7 Å². The van der Waals surface area contributed by atoms with Gasteiger partial charge in [-0.3, -0.25) is 4.84 Å². The molecule has 1 aromatic carbocycles. The normalized spacial score (nSPS) is 14.0. The highest BCUT2D eigenvalue weighted by Crippen LogP contribution is 2.26. The summed E-state index contributed by atoms with van der Waals surface area (Å²) in [4.78, 5) is 17.4. The number of carboxylic acids is 1. The number of carboxylic acid groups (broad SMARTS) is 1. The van der Waals surface area contributed by atoms with Crippen LogP contribution in [0.25, 0.3) is 0 Å². The molecule has 0 heterocycles. The summed E-state index contributed by atoms with van der Waals surface area (Å²) in [5.41, 5.74) is -0.151. The molecule has 0 aliphatic heterocycles. The molecule has 1 rings (SSSR count). The van der Waals surface area contributed by atoms with E-state index in [1.165, 1.54) is 23.9 Å². The highest BCUT2D eigenvalue weighted by atomic mass is 32.2. The van der Waals surface area contributed by atoms with Crippen molar-refractivity contribution in [3.63, 3.8) is 0 Å². The third-order valence-corrected chi connectivity index (χ3v) is 3.98. The number of allylic oxidation sites excluding steroid dienone is 1. The molecule has 0 spiro atoms. The molecule has 116 valence electrons. The standard InChI is InChI=1S/C16H23NO3S/c1-4-5-11-17(20-2)16(13-21-3,15(18)19)12-14-9-7-6-8-10-14/h5-11H,4,12-13H2,1-3H3,(H,18,19)/t16-/m0/s1. The topological polar surface area (TPSA) is 49.8 Å². The van der Waals surface area contributed by atoms with Crippen molar-refractivity contribution in [1.29, 1.82) is 0 Å². The summed E-state index contributed by atoms with van der Waals surface area (Å²) < 4.78 is 0. The Balaban J connectivity index is 3.19. The van der Waals surface area contributed by atoms with Gasteiger partial charge in [-0.2, -0.15) is 11.8 Å². The first-order valence-electron chi connectivity index (χ1n) is 6.87. The van der Waals surface area contributed by atoms with Gasteiger partial charge in [0.05, 0.1) is 7.11 Å². The minimum atomic E-state index is -1.12. The summed E-state index contributed by atoms with van der Waals surface area (Å²) in [6.07, 6.45) is 6.71. The Labute approximate surface area is 130 Å². The zero-order valence-corrected chi connectivity index (χ0v) is 13.6. The lowest BCUT2D eigenvalue weighted by atomic mass is 9.92. The van der Waals surface area contributed by atoms with E-state index in [4.69, 9.17) is 4.84 Å². The maximum Gasteiger partial charge on any atom is 0.333 e. The molecule has 0 amide bonds. The quantitative estimate of drug-likeness (QED) is 0.710. The average molecular weight is 309 g/mol. The van der Waals surface area contributed by atoms with Crippen LogP contribution in [0.4, 0.5) is 0 Å². The number of benzene rings is 1. The minimum absolute atomic E-state index is 0.381. The second-order valence-electron chi connectivity index (χ2n) is 4.73. The Bertz CT molecular complexity index is 464. The molecule has 0 saturated carbocycles. The van der Waals surface area contributed by atoms with E-state index >= 15 is 0 Å². The lowest BCUT2D eigenvalue weighted by Gasteiger charge is -2.37. The smallest absolute Gasteiger partial charge is 0.333 e. The third kappa shape index (κ3) is 4.51. The van der Waals surface area contributed by atoms with Crippen LogP contribution in [0, 0.1) is 0 Å². The molecule has 1 aromatic rings. The highest BCUT2D eigenvalue weighted by molar-refractivity contribution is 7.98. The van der Waals surface area contributed by atoms with Crippen LogP contribution in [0.15, 0.2) is 42.6 Å². The Morgan fingerprint density at radius 3 is 2.57 bits per heavy atom. The van der Waals surface area contributed by atoms with E-state index < -0.39 is 11.5 Å². The van der Waals surface area contributed by atoms with Crippen molar-refractivity contribution in [1.82, 2.24) is 5.06 Å². The largest absolute Gasteiger partial charge is 0.479 e. The number of hydrogen-bond acceptors (Lipinski definition) is 4. The zero-order valence-electron chi connectivity index (χ0n) is 12.8. The van der Waals surface area contributed by atoms with Crippen molar-refractivity contribution >= 4 is 17.7 Å². The SMILES string of the molecule is CCC=CN(OC)[C@](CSC)(Cc1ccccc1)C(=O)O. The number of hydroxylamine groups is 2. The van der Waals surface area contributed by atoms with E-state index in [2.05, 4.69) is 0 Å². The number of thioether (sulfide) groups is 1. The lowest BCUT2D eigenvalue weighted by Crippen LogP contribution is -2.55. The maximum absolute atomic E-state index is 12.0. The summed E-state index contributed by atoms with van der Waals surface area (Å²) in [7, 11) is 1.50. The van der Waals surface area contributed by atoms with Crippen LogP contribution in [0.1, 0.15) is 18.9 Å². The predicted molar refractivity (Wildman–Crippen MR) is 87.2 cm³/mol. The fraction of sp³-hybridized carbons (Fsp3) is 0.438. The van der Waals surface area contributed by atoms with Gasteiger partial charge in [-0.15, -0.1) is 0 Å². The fourth-order valence-electron chi connectivity index (χ4n) is 2.18. The molecule has 0 bridgehead atoms. The number of carbonyl (C=O) groups is 1. The summed E-state index contributed by atoms with van der Waals surface area (Å²) in [6, 6.07) is 9.64. The summed E-state index contributed by atoms with van der Waals surface area (Å²) in [5.74, 6) is -0.456. The van der Waals surface area contributed by atoms with E-state index in [-0.39, 0.29) is 0 Å². The molecule has 0 unspecified atom stereocenters. The van der Waals surface area contributed by atoms with Gasteiger partial charge in [0.25, 0.3) is 0 Å². The molecule has 0 aliphatic rings. The van der Waals surface area contributed by atoms with Crippen LogP contribution in [0.3, 0.4) is 0 Å². The van der Waals surface area contributed by atoms with Crippen molar-refractivity contribution in [3.8, 4) is 0 Å². The van der Waals surface area contributed by atoms with Crippen molar-refractivity contribution in [2.75, 3.05) is 19.1 Å². The van der Waals surface area contributed by atoms with Crippen LogP contribution in [-0.4, -0.2) is 40.8 Å². The molecule has 0 aliphatic carbocycles. The molecular weight excluding hydrogens is 286 g/mol. The van der Waals surface area contributed by atoms with Gasteiger partial charge in [-0.25, -0.2) is 9.86 Å². The van der Waals surface area contributed by atoms with Crippen LogP contribution in [-0.2, 0) is 16.1 Å². The van der Waals surface area contributed by atoms with Gasteiger partial charge >= 0.3 is 5.97 Å². The second-order valence-corrected chi connectivity index (χ2v) is 5.60. The van der Waals surface area contributed by atoms with Crippen LogP contribution in [0.5, 0.6) is 0 Å². The number of rotatable bonds is 9. The van der Waals surface area contributed by atoms with Gasteiger partial charge in [0.2, 0.25) is 0 Å². The number of aliphatic carboxylic acids is 1. The van der Waals surface area contributed by atoms with Crippen LogP contribution < -0.4 is 0 Å². The molecule has 0 aromatic heterocycles. The third-order valence-electron chi connectivity index (χ3n) is 3.22. The molecule has 1 atom stereocenters. The minimum Gasteiger partial charge on any atom is -0.479 e. The fourth-order valence-corrected chi connectivity index (χ4v) is 3.01. The molecule has 21 heavy (non-hydrogen) atoms. The maximum atomic E-state index is 12.0. The molecule has 0 radical (unpaired) electrons. The Kier molecular flexibility index (Phi) is 7.32. The molecule has 1 N–H and O–H groups in total. The first-order valence-corrected chi connectivity index (χ1v) is 8.26. The van der Waals surface area contributed by atoms with Gasteiger partial charge in [0, 0.05) is 18.4 Å². The Morgan fingerprint density at radius 1 is 1.43 bits per heavy atom. The monoisotopic (exact) mass is 309 g/mol. The van der Waals surface area contributed by atoms with E-state index in [0.717, 1.165) is 12.0 Å². The van der Waals surface area contributed by atoms with Crippen molar-refractivity contribution in [2.24, 2.45) is 0 Å². The van der Waals surface area contributed by atoms with Crippen LogP contribution >= 0.6 is 11.8 Å². The molecular formula is C16H23NO3S. The first-order chi connectivity index (χ1) is 10.1. The van der Waals surface area contributed by atoms with E-state index in [9.17, 15) is 9.90 Å². The van der Waals surface area contributed by atoms with Gasteiger partial charge < -0.3 is 5.11 Å². The molecule has 0 saturated heterocycles. The molecule has 4 nitrogen and oxygen atoms in total. The van der Waals surface area contributed by atoms with E-state index in [0.29, 0.717) is 12.2 Å². The molecule has 5 heteroatoms. The zero-order chi connectivity index (χ0) is 15.7. The summed E-state index contributed by atoms with van der Waals surface area (Å²) in [6.45, 7) is 2.00. The average Bonchev–Trinajstić information content (AvgIpc) is 2.48. The molecule has 0 fully saturated rings. The highest BCUT2D eigenvalue weighted by Gasteiger charge is 2.44. The van der Waals surface area contributed by atoms with Crippen molar-refractivity contribution in [2.45, 2.75) is 25.3 Å². The van der Waals surface area contributed by atoms with E-state index in [1.54, 1.807) is 6.20 Å². The summed E-state index contributed by atoms with van der Waals surface area (Å²) >= 11 is 1.50. The number of nitrogens with zero attached hydrogens (tertiary/aromatic N) is 1. The Hall–Kier alpha value is -1.46. The van der Waals surface area contributed by atoms with E-state index in [1.807, 2.05) is 49.6 Å². The van der Waals surface area contributed by atoms with Gasteiger partial charge in [-0.05, 0) is 18.2 Å². The Morgan fingerprint density at radius 2 is 2.10 bits per heavy atom. The van der Waals surface area contributed by atoms with Gasteiger partial charge in [-0.1, -0.05) is 43.3 Å².